The molecule has 3 heteroatoms. The smallest absolute Gasteiger partial charge is 0.236 e. The standard InChI is InChI=1S/C20H32N2O/c1-20(2,3)19(17-12-8-7-9-13-17)21-16-18(23)22-14-10-5-4-6-11-15-22/h7-9,12-13,19,21H,4-6,10-11,14-16H2,1-3H3. The van der Waals surface area contributed by atoms with Crippen LogP contribution in [0.3, 0.4) is 0 Å². The van der Waals surface area contributed by atoms with Gasteiger partial charge in [-0.1, -0.05) is 70.4 Å². The predicted molar refractivity (Wildman–Crippen MR) is 96.3 cm³/mol. The summed E-state index contributed by atoms with van der Waals surface area (Å²) in [6.45, 7) is 8.93. The molecule has 1 saturated heterocycles. The van der Waals surface area contributed by atoms with Gasteiger partial charge in [-0.15, -0.1) is 0 Å². The topological polar surface area (TPSA) is 32.3 Å². The summed E-state index contributed by atoms with van der Waals surface area (Å²) in [6, 6.07) is 10.6. The van der Waals surface area contributed by atoms with E-state index in [1.54, 1.807) is 0 Å². The zero-order valence-corrected chi connectivity index (χ0v) is 15.0. The molecule has 3 nitrogen and oxygen atoms in total. The molecule has 1 heterocycles. The van der Waals surface area contributed by atoms with Gasteiger partial charge < -0.3 is 10.2 Å². The van der Waals surface area contributed by atoms with E-state index in [1.165, 1.54) is 24.8 Å². The summed E-state index contributed by atoms with van der Waals surface area (Å²) in [5.74, 6) is 0.247. The Hall–Kier alpha value is -1.35. The quantitative estimate of drug-likeness (QED) is 0.905. The fraction of sp³-hybridized carbons (Fsp3) is 0.650. The van der Waals surface area contributed by atoms with Gasteiger partial charge in [-0.3, -0.25) is 4.79 Å². The molecule has 0 spiro atoms. The molecule has 0 saturated carbocycles. The summed E-state index contributed by atoms with van der Waals surface area (Å²) in [5, 5.41) is 3.52. The summed E-state index contributed by atoms with van der Waals surface area (Å²) >= 11 is 0. The number of carbonyl (C=O) groups excluding carboxylic acids is 1. The Morgan fingerprint density at radius 3 is 2.17 bits per heavy atom. The second-order valence-corrected chi connectivity index (χ2v) is 7.74. The molecule has 1 amide bonds. The van der Waals surface area contributed by atoms with E-state index in [1.807, 2.05) is 6.07 Å². The van der Waals surface area contributed by atoms with Crippen LogP contribution in [0.25, 0.3) is 0 Å². The molecular formula is C20H32N2O. The molecule has 23 heavy (non-hydrogen) atoms. The van der Waals surface area contributed by atoms with E-state index in [0.717, 1.165) is 25.9 Å². The fourth-order valence-electron chi connectivity index (χ4n) is 3.37. The van der Waals surface area contributed by atoms with Crippen LogP contribution in [0, 0.1) is 5.41 Å². The minimum absolute atomic E-state index is 0.0674. The van der Waals surface area contributed by atoms with Crippen molar-refractivity contribution in [2.24, 2.45) is 5.41 Å². The third kappa shape index (κ3) is 5.65. The number of nitrogens with one attached hydrogen (secondary N) is 1. The van der Waals surface area contributed by atoms with Crippen molar-refractivity contribution < 1.29 is 4.79 Å². The van der Waals surface area contributed by atoms with E-state index in [4.69, 9.17) is 0 Å². The lowest BCUT2D eigenvalue weighted by Gasteiger charge is -2.33. The van der Waals surface area contributed by atoms with Crippen molar-refractivity contribution in [3.8, 4) is 0 Å². The van der Waals surface area contributed by atoms with Crippen molar-refractivity contribution in [3.05, 3.63) is 35.9 Å². The maximum absolute atomic E-state index is 12.6. The summed E-state index contributed by atoms with van der Waals surface area (Å²) in [7, 11) is 0. The van der Waals surface area contributed by atoms with E-state index in [9.17, 15) is 4.79 Å². The van der Waals surface area contributed by atoms with Crippen molar-refractivity contribution in [1.82, 2.24) is 10.2 Å². The average Bonchev–Trinajstić information content (AvgIpc) is 2.46. The van der Waals surface area contributed by atoms with Gasteiger partial charge in [-0.2, -0.15) is 0 Å². The monoisotopic (exact) mass is 316 g/mol. The number of hydrogen-bond donors (Lipinski definition) is 1. The summed E-state index contributed by atoms with van der Waals surface area (Å²) in [4.78, 5) is 14.6. The van der Waals surface area contributed by atoms with Crippen LogP contribution in [0.4, 0.5) is 0 Å². The highest BCUT2D eigenvalue weighted by Crippen LogP contribution is 2.32. The van der Waals surface area contributed by atoms with Crippen LogP contribution < -0.4 is 5.32 Å². The first-order chi connectivity index (χ1) is 11.0. The summed E-state index contributed by atoms with van der Waals surface area (Å²) in [6.07, 6.45) is 6.12. The van der Waals surface area contributed by atoms with Crippen LogP contribution in [0.2, 0.25) is 0 Å². The molecule has 1 aromatic carbocycles. The van der Waals surface area contributed by atoms with Crippen LogP contribution >= 0.6 is 0 Å². The van der Waals surface area contributed by atoms with Crippen LogP contribution in [0.1, 0.15) is 64.5 Å². The Bertz CT molecular complexity index is 470. The van der Waals surface area contributed by atoms with Gasteiger partial charge in [0.1, 0.15) is 0 Å². The highest BCUT2D eigenvalue weighted by Gasteiger charge is 2.27. The molecule has 0 bridgehead atoms. The van der Waals surface area contributed by atoms with Gasteiger partial charge in [0.15, 0.2) is 0 Å². The number of hydrogen-bond acceptors (Lipinski definition) is 2. The molecule has 1 unspecified atom stereocenters. The predicted octanol–water partition coefficient (Wildman–Crippen LogP) is 4.16. The van der Waals surface area contributed by atoms with Gasteiger partial charge in [0.2, 0.25) is 5.91 Å². The summed E-state index contributed by atoms with van der Waals surface area (Å²) < 4.78 is 0. The molecule has 1 N–H and O–H groups in total. The van der Waals surface area contributed by atoms with Crippen molar-refractivity contribution in [2.75, 3.05) is 19.6 Å². The van der Waals surface area contributed by atoms with Crippen LogP contribution in [-0.2, 0) is 4.79 Å². The lowest BCUT2D eigenvalue weighted by Crippen LogP contribution is -2.43. The molecule has 1 aromatic rings. The Balaban J connectivity index is 1.96. The normalized spacial score (nSPS) is 18.1. The van der Waals surface area contributed by atoms with E-state index < -0.39 is 0 Å². The zero-order chi connectivity index (χ0) is 16.7. The van der Waals surface area contributed by atoms with Crippen molar-refractivity contribution in [1.29, 1.82) is 0 Å². The van der Waals surface area contributed by atoms with Gasteiger partial charge >= 0.3 is 0 Å². The van der Waals surface area contributed by atoms with Crippen LogP contribution in [0.15, 0.2) is 30.3 Å². The zero-order valence-electron chi connectivity index (χ0n) is 15.0. The number of carbonyl (C=O) groups is 1. The Morgan fingerprint density at radius 1 is 1.04 bits per heavy atom. The van der Waals surface area contributed by atoms with E-state index in [0.29, 0.717) is 6.54 Å². The largest absolute Gasteiger partial charge is 0.342 e. The molecule has 0 aromatic heterocycles. The van der Waals surface area contributed by atoms with Crippen LogP contribution in [-0.4, -0.2) is 30.4 Å². The lowest BCUT2D eigenvalue weighted by atomic mass is 9.82. The maximum Gasteiger partial charge on any atom is 0.236 e. The van der Waals surface area contributed by atoms with Gasteiger partial charge in [-0.05, 0) is 23.8 Å². The minimum Gasteiger partial charge on any atom is -0.342 e. The van der Waals surface area contributed by atoms with Gasteiger partial charge in [-0.25, -0.2) is 0 Å². The molecular weight excluding hydrogens is 284 g/mol. The first-order valence-corrected chi connectivity index (χ1v) is 9.04. The Labute approximate surface area is 141 Å². The van der Waals surface area contributed by atoms with Gasteiger partial charge in [0.05, 0.1) is 6.54 Å². The molecule has 1 fully saturated rings. The second kappa shape index (κ2) is 8.49. The second-order valence-electron chi connectivity index (χ2n) is 7.74. The van der Waals surface area contributed by atoms with Crippen molar-refractivity contribution >= 4 is 5.91 Å². The summed E-state index contributed by atoms with van der Waals surface area (Å²) in [5.41, 5.74) is 1.32. The number of amides is 1. The SMILES string of the molecule is CC(C)(C)C(NCC(=O)N1CCCCCCC1)c1ccccc1. The minimum atomic E-state index is 0.0674. The highest BCUT2D eigenvalue weighted by atomic mass is 16.2. The number of benzene rings is 1. The number of nitrogens with zero attached hydrogens (tertiary/aromatic N) is 1. The van der Waals surface area contributed by atoms with Crippen molar-refractivity contribution in [2.45, 2.75) is 58.9 Å². The third-order valence-corrected chi connectivity index (χ3v) is 4.67. The fourth-order valence-corrected chi connectivity index (χ4v) is 3.37. The number of rotatable bonds is 4. The van der Waals surface area contributed by atoms with E-state index in [-0.39, 0.29) is 17.4 Å². The first-order valence-electron chi connectivity index (χ1n) is 9.04. The Morgan fingerprint density at radius 2 is 1.61 bits per heavy atom. The van der Waals surface area contributed by atoms with Gasteiger partial charge in [0.25, 0.3) is 0 Å². The number of likely N-dealkylation sites (tertiary alicyclic amines) is 1. The first kappa shape index (κ1) is 18.0. The van der Waals surface area contributed by atoms with E-state index >= 15 is 0 Å². The average molecular weight is 316 g/mol. The molecule has 1 aliphatic heterocycles. The lowest BCUT2D eigenvalue weighted by molar-refractivity contribution is -0.130. The van der Waals surface area contributed by atoms with E-state index in [2.05, 4.69) is 55.3 Å². The molecule has 128 valence electrons. The molecule has 0 radical (unpaired) electrons. The maximum atomic E-state index is 12.6. The highest BCUT2D eigenvalue weighted by molar-refractivity contribution is 5.78. The molecule has 0 aliphatic carbocycles. The van der Waals surface area contributed by atoms with Gasteiger partial charge in [0, 0.05) is 19.1 Å². The third-order valence-electron chi connectivity index (χ3n) is 4.67. The van der Waals surface area contributed by atoms with Crippen molar-refractivity contribution in [3.63, 3.8) is 0 Å². The van der Waals surface area contributed by atoms with Crippen LogP contribution in [0.5, 0.6) is 0 Å². The molecule has 2 rings (SSSR count). The molecule has 1 atom stereocenters. The molecule has 1 aliphatic rings. The Kier molecular flexibility index (Phi) is 6.64.